The summed E-state index contributed by atoms with van der Waals surface area (Å²) in [6, 6.07) is 19.2. The summed E-state index contributed by atoms with van der Waals surface area (Å²) in [5.74, 6) is 1.40. The Labute approximate surface area is 183 Å². The third kappa shape index (κ3) is 4.36. The standard InChI is InChI=1S/C23H18ClN3O4/c1-29-19-12-11-16(13-20(19)30-2)25-22(28)17-5-3-4-6-18(17)23-26-21(27-31-23)14-7-9-15(24)10-8-14/h3-13H,1-2H3,(H,25,28). The van der Waals surface area contributed by atoms with Crippen molar-refractivity contribution in [3.63, 3.8) is 0 Å². The number of carbonyl (C=O) groups is 1. The SMILES string of the molecule is COc1ccc(NC(=O)c2ccccc2-c2nc(-c3ccc(Cl)cc3)no2)cc1OC. The molecule has 1 N–H and O–H groups in total. The van der Waals surface area contributed by atoms with E-state index in [0.717, 1.165) is 5.56 Å². The number of nitrogens with one attached hydrogen (secondary N) is 1. The van der Waals surface area contributed by atoms with Gasteiger partial charge in [0.1, 0.15) is 0 Å². The maximum absolute atomic E-state index is 13.0. The van der Waals surface area contributed by atoms with Gasteiger partial charge in [0.25, 0.3) is 11.8 Å². The van der Waals surface area contributed by atoms with Gasteiger partial charge in [-0.2, -0.15) is 4.98 Å². The smallest absolute Gasteiger partial charge is 0.259 e. The van der Waals surface area contributed by atoms with Gasteiger partial charge in [0.15, 0.2) is 11.5 Å². The van der Waals surface area contributed by atoms with Crippen molar-refractivity contribution in [3.05, 3.63) is 77.3 Å². The number of rotatable bonds is 6. The van der Waals surface area contributed by atoms with Crippen LogP contribution in [-0.4, -0.2) is 30.3 Å². The van der Waals surface area contributed by atoms with E-state index in [4.69, 9.17) is 25.6 Å². The van der Waals surface area contributed by atoms with Crippen LogP contribution in [0.4, 0.5) is 5.69 Å². The summed E-state index contributed by atoms with van der Waals surface area (Å²) in [5, 5.41) is 7.50. The Bertz CT molecular complexity index is 1220. The van der Waals surface area contributed by atoms with Gasteiger partial charge in [-0.3, -0.25) is 4.79 Å². The molecule has 0 unspecified atom stereocenters. The second kappa shape index (κ2) is 8.89. The molecule has 0 aliphatic carbocycles. The molecule has 4 aromatic rings. The van der Waals surface area contributed by atoms with E-state index in [0.29, 0.717) is 39.2 Å². The van der Waals surface area contributed by atoms with Crippen molar-refractivity contribution in [2.75, 3.05) is 19.5 Å². The molecule has 0 atom stereocenters. The lowest BCUT2D eigenvalue weighted by Crippen LogP contribution is -2.13. The van der Waals surface area contributed by atoms with Gasteiger partial charge in [-0.25, -0.2) is 0 Å². The second-order valence-electron chi connectivity index (χ2n) is 6.50. The lowest BCUT2D eigenvalue weighted by atomic mass is 10.1. The topological polar surface area (TPSA) is 86.5 Å². The molecule has 0 bridgehead atoms. The number of aromatic nitrogens is 2. The molecular weight excluding hydrogens is 418 g/mol. The lowest BCUT2D eigenvalue weighted by Gasteiger charge is -2.11. The Kier molecular flexibility index (Phi) is 5.86. The molecule has 4 rings (SSSR count). The average molecular weight is 436 g/mol. The van der Waals surface area contributed by atoms with E-state index in [1.165, 1.54) is 7.11 Å². The number of methoxy groups -OCH3 is 2. The predicted molar refractivity (Wildman–Crippen MR) is 118 cm³/mol. The van der Waals surface area contributed by atoms with Gasteiger partial charge < -0.3 is 19.3 Å². The summed E-state index contributed by atoms with van der Waals surface area (Å²) >= 11 is 5.93. The lowest BCUT2D eigenvalue weighted by molar-refractivity contribution is 0.102. The minimum absolute atomic E-state index is 0.239. The Morgan fingerprint density at radius 2 is 1.71 bits per heavy atom. The van der Waals surface area contributed by atoms with Crippen LogP contribution in [0, 0.1) is 0 Å². The number of carbonyl (C=O) groups excluding carboxylic acids is 1. The predicted octanol–water partition coefficient (Wildman–Crippen LogP) is 5.33. The van der Waals surface area contributed by atoms with Crippen LogP contribution in [-0.2, 0) is 0 Å². The van der Waals surface area contributed by atoms with Gasteiger partial charge in [0.2, 0.25) is 5.82 Å². The zero-order valence-electron chi connectivity index (χ0n) is 16.8. The molecule has 0 radical (unpaired) electrons. The highest BCUT2D eigenvalue weighted by atomic mass is 35.5. The fourth-order valence-corrected chi connectivity index (χ4v) is 3.16. The maximum Gasteiger partial charge on any atom is 0.259 e. The van der Waals surface area contributed by atoms with Gasteiger partial charge in [-0.05, 0) is 48.5 Å². The molecule has 0 fully saturated rings. The van der Waals surface area contributed by atoms with Crippen molar-refractivity contribution >= 4 is 23.2 Å². The summed E-state index contributed by atoms with van der Waals surface area (Å²) < 4.78 is 16.0. The Hall–Kier alpha value is -3.84. The second-order valence-corrected chi connectivity index (χ2v) is 6.94. The van der Waals surface area contributed by atoms with Crippen LogP contribution in [0.5, 0.6) is 11.5 Å². The highest BCUT2D eigenvalue weighted by molar-refractivity contribution is 6.30. The summed E-state index contributed by atoms with van der Waals surface area (Å²) in [6.07, 6.45) is 0. The van der Waals surface area contributed by atoms with Crippen LogP contribution in [0.25, 0.3) is 22.8 Å². The van der Waals surface area contributed by atoms with Gasteiger partial charge in [0, 0.05) is 22.3 Å². The molecule has 1 amide bonds. The quantitative estimate of drug-likeness (QED) is 0.440. The largest absolute Gasteiger partial charge is 0.493 e. The van der Waals surface area contributed by atoms with Crippen LogP contribution in [0.3, 0.4) is 0 Å². The number of ether oxygens (including phenoxy) is 2. The van der Waals surface area contributed by atoms with Gasteiger partial charge in [-0.1, -0.05) is 28.9 Å². The van der Waals surface area contributed by atoms with Crippen LogP contribution in [0.1, 0.15) is 10.4 Å². The monoisotopic (exact) mass is 435 g/mol. The molecule has 7 nitrogen and oxygen atoms in total. The minimum Gasteiger partial charge on any atom is -0.493 e. The first-order chi connectivity index (χ1) is 15.1. The first-order valence-electron chi connectivity index (χ1n) is 9.31. The number of anilines is 1. The van der Waals surface area contributed by atoms with Crippen molar-refractivity contribution < 1.29 is 18.8 Å². The Morgan fingerprint density at radius 3 is 2.45 bits per heavy atom. The third-order valence-corrected chi connectivity index (χ3v) is 4.82. The van der Waals surface area contributed by atoms with Crippen LogP contribution < -0.4 is 14.8 Å². The van der Waals surface area contributed by atoms with Crippen molar-refractivity contribution in [2.45, 2.75) is 0 Å². The number of benzene rings is 3. The van der Waals surface area contributed by atoms with Crippen molar-refractivity contribution in [1.29, 1.82) is 0 Å². The molecule has 8 heteroatoms. The number of hydrogen-bond acceptors (Lipinski definition) is 6. The molecule has 0 aliphatic rings. The normalized spacial score (nSPS) is 10.5. The highest BCUT2D eigenvalue weighted by Crippen LogP contribution is 2.31. The number of amides is 1. The fourth-order valence-electron chi connectivity index (χ4n) is 3.03. The molecule has 3 aromatic carbocycles. The first kappa shape index (κ1) is 20.4. The highest BCUT2D eigenvalue weighted by Gasteiger charge is 2.19. The first-order valence-corrected chi connectivity index (χ1v) is 9.69. The molecular formula is C23H18ClN3O4. The van der Waals surface area contributed by atoms with Crippen LogP contribution in [0.2, 0.25) is 5.02 Å². The summed E-state index contributed by atoms with van der Waals surface area (Å²) in [7, 11) is 3.08. The van der Waals surface area contributed by atoms with Crippen molar-refractivity contribution in [3.8, 4) is 34.3 Å². The molecule has 0 saturated heterocycles. The molecule has 156 valence electrons. The number of nitrogens with zero attached hydrogens (tertiary/aromatic N) is 2. The fraction of sp³-hybridized carbons (Fsp3) is 0.0870. The van der Waals surface area contributed by atoms with E-state index in [1.54, 1.807) is 73.8 Å². The Morgan fingerprint density at radius 1 is 0.968 bits per heavy atom. The van der Waals surface area contributed by atoms with Gasteiger partial charge in [-0.15, -0.1) is 0 Å². The molecule has 1 aromatic heterocycles. The number of hydrogen-bond donors (Lipinski definition) is 1. The van der Waals surface area contributed by atoms with Gasteiger partial charge >= 0.3 is 0 Å². The zero-order chi connectivity index (χ0) is 21.8. The molecule has 0 aliphatic heterocycles. The molecule has 0 saturated carbocycles. The number of halogens is 1. The van der Waals surface area contributed by atoms with Crippen molar-refractivity contribution in [1.82, 2.24) is 10.1 Å². The van der Waals surface area contributed by atoms with E-state index in [1.807, 2.05) is 0 Å². The summed E-state index contributed by atoms with van der Waals surface area (Å²) in [5.41, 5.74) is 2.23. The third-order valence-electron chi connectivity index (χ3n) is 4.57. The van der Waals surface area contributed by atoms with E-state index >= 15 is 0 Å². The van der Waals surface area contributed by atoms with E-state index in [-0.39, 0.29) is 11.8 Å². The summed E-state index contributed by atoms with van der Waals surface area (Å²) in [4.78, 5) is 17.4. The van der Waals surface area contributed by atoms with Crippen LogP contribution >= 0.6 is 11.6 Å². The molecule has 1 heterocycles. The summed E-state index contributed by atoms with van der Waals surface area (Å²) in [6.45, 7) is 0. The molecule has 0 spiro atoms. The van der Waals surface area contributed by atoms with Crippen molar-refractivity contribution in [2.24, 2.45) is 0 Å². The van der Waals surface area contributed by atoms with E-state index < -0.39 is 0 Å². The Balaban J connectivity index is 1.62. The maximum atomic E-state index is 13.0. The van der Waals surface area contributed by atoms with E-state index in [9.17, 15) is 4.79 Å². The van der Waals surface area contributed by atoms with Gasteiger partial charge in [0.05, 0.1) is 25.3 Å². The van der Waals surface area contributed by atoms with E-state index in [2.05, 4.69) is 15.5 Å². The minimum atomic E-state index is -0.325. The molecule has 31 heavy (non-hydrogen) atoms. The van der Waals surface area contributed by atoms with Crippen LogP contribution in [0.15, 0.2) is 71.3 Å². The average Bonchev–Trinajstić information content (AvgIpc) is 3.29. The zero-order valence-corrected chi connectivity index (χ0v) is 17.5.